The lowest BCUT2D eigenvalue weighted by Gasteiger charge is -2.35. The molecule has 2 N–H and O–H groups in total. The molecule has 2 unspecified atom stereocenters. The monoisotopic (exact) mass is 398 g/mol. The van der Waals surface area contributed by atoms with E-state index in [0.717, 1.165) is 13.1 Å². The molecule has 1 fully saturated rings. The minimum atomic E-state index is -0.427. The summed E-state index contributed by atoms with van der Waals surface area (Å²) in [6.07, 6.45) is 1.96. The van der Waals surface area contributed by atoms with Crippen molar-refractivity contribution in [2.45, 2.75) is 26.1 Å². The maximum Gasteiger partial charge on any atom is 0.227 e. The summed E-state index contributed by atoms with van der Waals surface area (Å²) in [5, 5.41) is 10.3. The number of nitrogens with zero attached hydrogens (tertiary/aromatic N) is 4. The number of rotatable bonds is 5. The molecule has 152 valence electrons. The summed E-state index contributed by atoms with van der Waals surface area (Å²) < 4.78 is 24.7. The Morgan fingerprint density at radius 2 is 1.97 bits per heavy atom. The van der Waals surface area contributed by atoms with Crippen LogP contribution in [0.1, 0.15) is 13.8 Å². The Hall–Kier alpha value is -3.20. The summed E-state index contributed by atoms with van der Waals surface area (Å²) in [4.78, 5) is 11.1. The maximum absolute atomic E-state index is 14.0. The summed E-state index contributed by atoms with van der Waals surface area (Å²) in [5.74, 6) is 1.62. The Balaban J connectivity index is 1.50. The third-order valence-corrected chi connectivity index (χ3v) is 4.64. The Kier molecular flexibility index (Phi) is 5.30. The average molecular weight is 398 g/mol. The lowest BCUT2D eigenvalue weighted by Crippen LogP contribution is -2.46. The number of ether oxygens (including phenoxy) is 2. The molecule has 3 heterocycles. The number of H-pyrrole nitrogens is 1. The van der Waals surface area contributed by atoms with Gasteiger partial charge in [-0.05, 0) is 38.1 Å². The highest BCUT2D eigenvalue weighted by molar-refractivity contribution is 5.66. The summed E-state index contributed by atoms with van der Waals surface area (Å²) in [7, 11) is 1.44. The van der Waals surface area contributed by atoms with Gasteiger partial charge in [0.1, 0.15) is 5.82 Å². The van der Waals surface area contributed by atoms with Gasteiger partial charge in [-0.3, -0.25) is 5.10 Å². The Bertz CT molecular complexity index is 985. The Morgan fingerprint density at radius 1 is 1.17 bits per heavy atom. The lowest BCUT2D eigenvalue weighted by atomic mass is 10.1. The van der Waals surface area contributed by atoms with Crippen LogP contribution in [0, 0.1) is 5.82 Å². The molecule has 2 aromatic heterocycles. The first-order valence-corrected chi connectivity index (χ1v) is 9.41. The van der Waals surface area contributed by atoms with Crippen LogP contribution < -0.4 is 15.0 Å². The third kappa shape index (κ3) is 4.29. The standard InChI is InChI=1S/C20H23FN6O2/c1-12-10-27(11-13(2)29-12)20-22-7-6-18(24-20)23-19-9-16(25-26-19)14-4-5-17(28-3)15(21)8-14/h4-9,12-13H,10-11H2,1-3H3,(H2,22,23,24,25,26). The molecule has 0 spiro atoms. The molecular formula is C20H23FN6O2. The van der Waals surface area contributed by atoms with Gasteiger partial charge in [-0.15, -0.1) is 0 Å². The number of hydrogen-bond acceptors (Lipinski definition) is 7. The molecule has 29 heavy (non-hydrogen) atoms. The molecule has 1 aromatic carbocycles. The molecule has 1 aliphatic rings. The third-order valence-electron chi connectivity index (χ3n) is 4.64. The van der Waals surface area contributed by atoms with Crippen molar-refractivity contribution in [1.82, 2.24) is 20.2 Å². The van der Waals surface area contributed by atoms with Gasteiger partial charge in [0.15, 0.2) is 17.4 Å². The van der Waals surface area contributed by atoms with E-state index in [-0.39, 0.29) is 18.0 Å². The van der Waals surface area contributed by atoms with Gasteiger partial charge in [0, 0.05) is 30.9 Å². The van der Waals surface area contributed by atoms with E-state index >= 15 is 0 Å². The number of aromatic nitrogens is 4. The van der Waals surface area contributed by atoms with Crippen LogP contribution in [-0.2, 0) is 4.74 Å². The zero-order valence-electron chi connectivity index (χ0n) is 16.5. The Morgan fingerprint density at radius 3 is 2.69 bits per heavy atom. The molecule has 4 rings (SSSR count). The van der Waals surface area contributed by atoms with Crippen molar-refractivity contribution in [3.63, 3.8) is 0 Å². The van der Waals surface area contributed by atoms with Crippen molar-refractivity contribution >= 4 is 17.6 Å². The van der Waals surface area contributed by atoms with E-state index < -0.39 is 5.82 Å². The van der Waals surface area contributed by atoms with Crippen LogP contribution >= 0.6 is 0 Å². The van der Waals surface area contributed by atoms with Crippen molar-refractivity contribution in [2.75, 3.05) is 30.4 Å². The van der Waals surface area contributed by atoms with E-state index in [9.17, 15) is 4.39 Å². The van der Waals surface area contributed by atoms with Gasteiger partial charge in [-0.1, -0.05) is 0 Å². The van der Waals surface area contributed by atoms with E-state index in [0.29, 0.717) is 28.8 Å². The smallest absolute Gasteiger partial charge is 0.227 e. The summed E-state index contributed by atoms with van der Waals surface area (Å²) in [6, 6.07) is 8.32. The fourth-order valence-corrected chi connectivity index (χ4v) is 3.41. The first kappa shape index (κ1) is 19.1. The molecule has 3 aromatic rings. The average Bonchev–Trinajstić information content (AvgIpc) is 3.16. The van der Waals surface area contributed by atoms with Crippen LogP contribution in [0.5, 0.6) is 5.75 Å². The van der Waals surface area contributed by atoms with Crippen molar-refractivity contribution in [2.24, 2.45) is 0 Å². The second-order valence-electron chi connectivity index (χ2n) is 7.05. The lowest BCUT2D eigenvalue weighted by molar-refractivity contribution is -0.00571. The second kappa shape index (κ2) is 8.04. The fourth-order valence-electron chi connectivity index (χ4n) is 3.41. The van der Waals surface area contributed by atoms with Gasteiger partial charge in [0.2, 0.25) is 5.95 Å². The number of halogens is 1. The first-order chi connectivity index (χ1) is 14.0. The van der Waals surface area contributed by atoms with Gasteiger partial charge in [0.25, 0.3) is 0 Å². The normalized spacial score (nSPS) is 19.2. The van der Waals surface area contributed by atoms with Crippen LogP contribution in [0.25, 0.3) is 11.3 Å². The predicted molar refractivity (Wildman–Crippen MR) is 108 cm³/mol. The number of anilines is 3. The second-order valence-corrected chi connectivity index (χ2v) is 7.05. The van der Waals surface area contributed by atoms with Crippen LogP contribution in [0.3, 0.4) is 0 Å². The number of hydrogen-bond donors (Lipinski definition) is 2. The molecule has 9 heteroatoms. The molecule has 0 amide bonds. The van der Waals surface area contributed by atoms with Crippen molar-refractivity contribution in [3.8, 4) is 17.0 Å². The van der Waals surface area contributed by atoms with Gasteiger partial charge in [0.05, 0.1) is 25.0 Å². The fraction of sp³-hybridized carbons (Fsp3) is 0.350. The van der Waals surface area contributed by atoms with Gasteiger partial charge in [-0.25, -0.2) is 9.37 Å². The van der Waals surface area contributed by atoms with Crippen LogP contribution in [0.4, 0.5) is 22.0 Å². The molecule has 0 aliphatic carbocycles. The van der Waals surface area contributed by atoms with Crippen LogP contribution in [0.2, 0.25) is 0 Å². The highest BCUT2D eigenvalue weighted by Crippen LogP contribution is 2.26. The maximum atomic E-state index is 14.0. The molecule has 0 saturated carbocycles. The van der Waals surface area contributed by atoms with Crippen LogP contribution in [0.15, 0.2) is 36.5 Å². The van der Waals surface area contributed by atoms with Crippen molar-refractivity contribution in [3.05, 3.63) is 42.3 Å². The highest BCUT2D eigenvalue weighted by atomic mass is 19.1. The summed E-state index contributed by atoms with van der Waals surface area (Å²) >= 11 is 0. The minimum Gasteiger partial charge on any atom is -0.494 e. The summed E-state index contributed by atoms with van der Waals surface area (Å²) in [5.41, 5.74) is 1.35. The van der Waals surface area contributed by atoms with Crippen molar-refractivity contribution < 1.29 is 13.9 Å². The topological polar surface area (TPSA) is 88.2 Å². The SMILES string of the molecule is COc1ccc(-c2cc(Nc3ccnc(N4CC(C)OC(C)C4)n3)n[nH]2)cc1F. The van der Waals surface area contributed by atoms with E-state index in [4.69, 9.17) is 9.47 Å². The van der Waals surface area contributed by atoms with Crippen molar-refractivity contribution in [1.29, 1.82) is 0 Å². The van der Waals surface area contributed by atoms with E-state index in [1.54, 1.807) is 30.5 Å². The minimum absolute atomic E-state index is 0.123. The highest BCUT2D eigenvalue weighted by Gasteiger charge is 2.24. The molecule has 2 atom stereocenters. The largest absolute Gasteiger partial charge is 0.494 e. The zero-order chi connectivity index (χ0) is 20.4. The predicted octanol–water partition coefficient (Wildman–Crippen LogP) is 3.37. The molecule has 1 aliphatic heterocycles. The van der Waals surface area contributed by atoms with E-state index in [1.807, 2.05) is 13.8 Å². The zero-order valence-corrected chi connectivity index (χ0v) is 16.5. The van der Waals surface area contributed by atoms with Crippen LogP contribution in [-0.4, -0.2) is 52.6 Å². The quantitative estimate of drug-likeness (QED) is 0.681. The van der Waals surface area contributed by atoms with Gasteiger partial charge < -0.3 is 19.7 Å². The van der Waals surface area contributed by atoms with Gasteiger partial charge >= 0.3 is 0 Å². The number of methoxy groups -OCH3 is 1. The molecule has 0 radical (unpaired) electrons. The molecule has 8 nitrogen and oxygen atoms in total. The van der Waals surface area contributed by atoms with E-state index in [2.05, 4.69) is 30.4 Å². The van der Waals surface area contributed by atoms with Gasteiger partial charge in [-0.2, -0.15) is 10.1 Å². The van der Waals surface area contributed by atoms with E-state index in [1.165, 1.54) is 13.2 Å². The number of aromatic amines is 1. The number of morpholine rings is 1. The molecule has 0 bridgehead atoms. The number of nitrogens with one attached hydrogen (secondary N) is 2. The Labute approximate surface area is 168 Å². The molecule has 1 saturated heterocycles. The molecular weight excluding hydrogens is 375 g/mol. The number of benzene rings is 1. The first-order valence-electron chi connectivity index (χ1n) is 9.41. The summed E-state index contributed by atoms with van der Waals surface area (Å²) in [6.45, 7) is 5.56.